The van der Waals surface area contributed by atoms with Gasteiger partial charge in [-0.3, -0.25) is 9.78 Å². The fourth-order valence-corrected chi connectivity index (χ4v) is 1.27. The molecule has 98 valence electrons. The van der Waals surface area contributed by atoms with E-state index in [0.29, 0.717) is 13.0 Å². The molecule has 17 heavy (non-hydrogen) atoms. The molecule has 1 rings (SSSR count). The highest BCUT2D eigenvalue weighted by Gasteiger charge is 2.15. The van der Waals surface area contributed by atoms with Gasteiger partial charge in [0.15, 0.2) is 0 Å². The third-order valence-electron chi connectivity index (χ3n) is 1.96. The maximum atomic E-state index is 11.3. The molecule has 0 fully saturated rings. The van der Waals surface area contributed by atoms with Crippen LogP contribution in [0.25, 0.3) is 0 Å². The lowest BCUT2D eigenvalue weighted by atomic mass is 10.1. The van der Waals surface area contributed by atoms with Crippen LogP contribution in [-0.4, -0.2) is 23.6 Å². The second-order valence-electron chi connectivity index (χ2n) is 3.33. The molecular weight excluding hydrogens is 263 g/mol. The second kappa shape index (κ2) is 9.22. The van der Waals surface area contributed by atoms with Crippen molar-refractivity contribution < 1.29 is 9.53 Å². The van der Waals surface area contributed by atoms with Gasteiger partial charge in [0.1, 0.15) is 6.04 Å². The van der Waals surface area contributed by atoms with E-state index >= 15 is 0 Å². The minimum absolute atomic E-state index is 0. The third kappa shape index (κ3) is 6.46. The summed E-state index contributed by atoms with van der Waals surface area (Å²) in [7, 11) is 0. The summed E-state index contributed by atoms with van der Waals surface area (Å²) in [6.45, 7) is 4.02. The van der Waals surface area contributed by atoms with Crippen LogP contribution >= 0.6 is 24.8 Å². The first kappa shape index (κ1) is 18.5. The number of aromatic nitrogens is 1. The van der Waals surface area contributed by atoms with Crippen molar-refractivity contribution in [2.45, 2.75) is 26.3 Å². The van der Waals surface area contributed by atoms with Crippen molar-refractivity contribution in [1.82, 2.24) is 4.98 Å². The van der Waals surface area contributed by atoms with Gasteiger partial charge in [-0.2, -0.15) is 0 Å². The molecule has 0 spiro atoms. The molecule has 1 atom stereocenters. The summed E-state index contributed by atoms with van der Waals surface area (Å²) >= 11 is 0. The largest absolute Gasteiger partial charge is 0.465 e. The Kier molecular flexibility index (Phi) is 10.0. The first-order chi connectivity index (χ1) is 7.13. The number of pyridine rings is 1. The number of rotatable bonds is 4. The first-order valence-corrected chi connectivity index (χ1v) is 4.98. The average molecular weight is 281 g/mol. The number of carbonyl (C=O) groups excluding carboxylic acids is 1. The van der Waals surface area contributed by atoms with Crippen LogP contribution in [0.5, 0.6) is 0 Å². The van der Waals surface area contributed by atoms with Gasteiger partial charge in [0.2, 0.25) is 0 Å². The van der Waals surface area contributed by atoms with Crippen molar-refractivity contribution in [3.63, 3.8) is 0 Å². The van der Waals surface area contributed by atoms with E-state index in [1.807, 2.05) is 25.1 Å². The molecule has 1 aromatic rings. The normalized spacial score (nSPS) is 10.8. The molecule has 1 aromatic heterocycles. The van der Waals surface area contributed by atoms with Crippen molar-refractivity contribution in [3.8, 4) is 0 Å². The molecule has 0 aliphatic carbocycles. The molecule has 0 aromatic carbocycles. The van der Waals surface area contributed by atoms with E-state index in [4.69, 9.17) is 10.5 Å². The topological polar surface area (TPSA) is 65.2 Å². The van der Waals surface area contributed by atoms with Crippen LogP contribution in [-0.2, 0) is 16.0 Å². The molecule has 0 radical (unpaired) electrons. The third-order valence-corrected chi connectivity index (χ3v) is 1.96. The monoisotopic (exact) mass is 280 g/mol. The van der Waals surface area contributed by atoms with E-state index in [1.54, 1.807) is 6.92 Å². The molecule has 4 nitrogen and oxygen atoms in total. The smallest absolute Gasteiger partial charge is 0.323 e. The lowest BCUT2D eigenvalue weighted by molar-refractivity contribution is -0.144. The van der Waals surface area contributed by atoms with Gasteiger partial charge >= 0.3 is 5.97 Å². The molecule has 1 heterocycles. The van der Waals surface area contributed by atoms with Crippen molar-refractivity contribution in [1.29, 1.82) is 0 Å². The number of aryl methyl sites for hydroxylation is 1. The van der Waals surface area contributed by atoms with Gasteiger partial charge in [-0.15, -0.1) is 24.8 Å². The van der Waals surface area contributed by atoms with E-state index in [2.05, 4.69) is 4.98 Å². The molecule has 6 heteroatoms. The Labute approximate surface area is 114 Å². The molecular formula is C11H18Cl2N2O2. The number of carbonyl (C=O) groups is 1. The number of nitrogens with two attached hydrogens (primary N) is 1. The second-order valence-corrected chi connectivity index (χ2v) is 3.33. The van der Waals surface area contributed by atoms with Crippen LogP contribution < -0.4 is 5.73 Å². The molecule has 0 bridgehead atoms. The Bertz CT molecular complexity index is 348. The van der Waals surface area contributed by atoms with Crippen LogP contribution in [0.4, 0.5) is 0 Å². The van der Waals surface area contributed by atoms with Gasteiger partial charge in [0.05, 0.1) is 6.61 Å². The maximum absolute atomic E-state index is 11.3. The summed E-state index contributed by atoms with van der Waals surface area (Å²) in [4.78, 5) is 15.5. The number of hydrogen-bond acceptors (Lipinski definition) is 4. The number of ether oxygens (including phenoxy) is 1. The van der Waals surface area contributed by atoms with E-state index in [9.17, 15) is 4.79 Å². The first-order valence-electron chi connectivity index (χ1n) is 4.98. The zero-order valence-corrected chi connectivity index (χ0v) is 11.5. The van der Waals surface area contributed by atoms with Gasteiger partial charge in [-0.1, -0.05) is 6.07 Å². The van der Waals surface area contributed by atoms with Crippen LogP contribution in [0, 0.1) is 6.92 Å². The Balaban J connectivity index is 0. The predicted octanol–water partition coefficient (Wildman–Crippen LogP) is 1.67. The summed E-state index contributed by atoms with van der Waals surface area (Å²) < 4.78 is 4.81. The fourth-order valence-electron chi connectivity index (χ4n) is 1.27. The lowest BCUT2D eigenvalue weighted by Gasteiger charge is -2.09. The zero-order valence-electron chi connectivity index (χ0n) is 9.88. The van der Waals surface area contributed by atoms with Gasteiger partial charge in [-0.25, -0.2) is 0 Å². The Morgan fingerprint density at radius 2 is 2.12 bits per heavy atom. The van der Waals surface area contributed by atoms with E-state index < -0.39 is 6.04 Å². The van der Waals surface area contributed by atoms with Crippen molar-refractivity contribution in [2.75, 3.05) is 6.61 Å². The van der Waals surface area contributed by atoms with E-state index in [0.717, 1.165) is 11.4 Å². The molecule has 0 aliphatic heterocycles. The quantitative estimate of drug-likeness (QED) is 0.852. The standard InChI is InChI=1S/C11H16N2O2.2ClH/c1-3-15-11(14)10(12)7-9-6-4-5-8(2)13-9;;/h4-6,10H,3,7,12H2,1-2H3;2*1H. The van der Waals surface area contributed by atoms with E-state index in [1.165, 1.54) is 0 Å². The number of esters is 1. The fraction of sp³-hybridized carbons (Fsp3) is 0.455. The highest BCUT2D eigenvalue weighted by atomic mass is 35.5. The van der Waals surface area contributed by atoms with Gasteiger partial charge in [0.25, 0.3) is 0 Å². The molecule has 0 amide bonds. The van der Waals surface area contributed by atoms with Crippen molar-refractivity contribution >= 4 is 30.8 Å². The minimum Gasteiger partial charge on any atom is -0.465 e. The van der Waals surface area contributed by atoms with Crippen molar-refractivity contribution in [2.24, 2.45) is 5.73 Å². The number of hydrogen-bond donors (Lipinski definition) is 1. The summed E-state index contributed by atoms with van der Waals surface area (Å²) in [6.07, 6.45) is 0.417. The zero-order chi connectivity index (χ0) is 11.3. The maximum Gasteiger partial charge on any atom is 0.323 e. The molecule has 0 saturated carbocycles. The summed E-state index contributed by atoms with van der Waals surface area (Å²) in [5.41, 5.74) is 7.41. The van der Waals surface area contributed by atoms with Crippen molar-refractivity contribution in [3.05, 3.63) is 29.6 Å². The van der Waals surface area contributed by atoms with E-state index in [-0.39, 0.29) is 30.8 Å². The van der Waals surface area contributed by atoms with Gasteiger partial charge < -0.3 is 10.5 Å². The highest BCUT2D eigenvalue weighted by Crippen LogP contribution is 2.02. The summed E-state index contributed by atoms with van der Waals surface area (Å²) in [5, 5.41) is 0. The SMILES string of the molecule is CCOC(=O)C(N)Cc1cccc(C)n1.Cl.Cl. The van der Waals surface area contributed by atoms with Crippen LogP contribution in [0.2, 0.25) is 0 Å². The Hall–Kier alpha value is -0.840. The van der Waals surface area contributed by atoms with Gasteiger partial charge in [0, 0.05) is 17.8 Å². The molecule has 2 N–H and O–H groups in total. The molecule has 0 saturated heterocycles. The molecule has 1 unspecified atom stereocenters. The Morgan fingerprint density at radius 3 is 2.65 bits per heavy atom. The predicted molar refractivity (Wildman–Crippen MR) is 71.8 cm³/mol. The van der Waals surface area contributed by atoms with Crippen LogP contribution in [0.15, 0.2) is 18.2 Å². The average Bonchev–Trinajstić information content (AvgIpc) is 2.18. The number of halogens is 2. The number of nitrogens with zero attached hydrogens (tertiary/aromatic N) is 1. The Morgan fingerprint density at radius 1 is 1.47 bits per heavy atom. The highest BCUT2D eigenvalue weighted by molar-refractivity contribution is 5.85. The van der Waals surface area contributed by atoms with Crippen LogP contribution in [0.3, 0.4) is 0 Å². The lowest BCUT2D eigenvalue weighted by Crippen LogP contribution is -2.34. The van der Waals surface area contributed by atoms with Gasteiger partial charge in [-0.05, 0) is 26.0 Å². The summed E-state index contributed by atoms with van der Waals surface area (Å²) in [5.74, 6) is -0.374. The van der Waals surface area contributed by atoms with Crippen LogP contribution in [0.1, 0.15) is 18.3 Å². The summed E-state index contributed by atoms with van der Waals surface area (Å²) in [6, 6.07) is 5.03. The molecule has 0 aliphatic rings. The minimum atomic E-state index is -0.626.